The number of nitrogens with one attached hydrogen (secondary N) is 1. The van der Waals surface area contributed by atoms with Gasteiger partial charge in [-0.3, -0.25) is 9.69 Å². The summed E-state index contributed by atoms with van der Waals surface area (Å²) in [5, 5.41) is 13.0. The van der Waals surface area contributed by atoms with E-state index in [1.54, 1.807) is 18.2 Å². The van der Waals surface area contributed by atoms with Crippen LogP contribution in [0.15, 0.2) is 24.3 Å². The Morgan fingerprint density at radius 3 is 3.00 bits per heavy atom. The number of ether oxygens (including phenoxy) is 1. The molecule has 3 atom stereocenters. The summed E-state index contributed by atoms with van der Waals surface area (Å²) in [7, 11) is 0. The van der Waals surface area contributed by atoms with E-state index in [2.05, 4.69) is 10.2 Å². The Hall–Kier alpha value is -1.50. The summed E-state index contributed by atoms with van der Waals surface area (Å²) in [6.07, 6.45) is 2.31. The number of hydrogen-bond donors (Lipinski definition) is 2. The van der Waals surface area contributed by atoms with E-state index >= 15 is 0 Å². The Balaban J connectivity index is 1.52. The Kier molecular flexibility index (Phi) is 5.81. The molecule has 0 bridgehead atoms. The minimum absolute atomic E-state index is 0.0700. The van der Waals surface area contributed by atoms with Gasteiger partial charge in [-0.25, -0.2) is 4.39 Å². The third-order valence-corrected chi connectivity index (χ3v) is 5.05. The molecule has 2 fully saturated rings. The number of halogens is 1. The summed E-state index contributed by atoms with van der Waals surface area (Å²) >= 11 is 0. The molecule has 2 aliphatic rings. The molecule has 1 aromatic carbocycles. The van der Waals surface area contributed by atoms with Crippen LogP contribution >= 0.6 is 0 Å². The van der Waals surface area contributed by atoms with Crippen molar-refractivity contribution in [2.24, 2.45) is 5.92 Å². The van der Waals surface area contributed by atoms with E-state index in [9.17, 15) is 14.3 Å². The second kappa shape index (κ2) is 8.05. The van der Waals surface area contributed by atoms with Gasteiger partial charge in [0.2, 0.25) is 5.91 Å². The summed E-state index contributed by atoms with van der Waals surface area (Å²) in [6, 6.07) is 6.63. The maximum absolute atomic E-state index is 13.6. The fourth-order valence-electron chi connectivity index (χ4n) is 3.73. The summed E-state index contributed by atoms with van der Waals surface area (Å²) in [5.41, 5.74) is 0.486. The number of aliphatic hydroxyl groups is 1. The molecule has 0 spiro atoms. The quantitative estimate of drug-likeness (QED) is 0.851. The normalized spacial score (nSPS) is 28.0. The molecular formula is C18H25FN2O3. The van der Waals surface area contributed by atoms with Gasteiger partial charge in [0.25, 0.3) is 0 Å². The lowest BCUT2D eigenvalue weighted by molar-refractivity contribution is -0.124. The molecule has 5 nitrogen and oxygen atoms in total. The van der Waals surface area contributed by atoms with Gasteiger partial charge in [0.05, 0.1) is 19.3 Å². The van der Waals surface area contributed by atoms with Gasteiger partial charge in [-0.1, -0.05) is 18.2 Å². The van der Waals surface area contributed by atoms with E-state index in [0.717, 1.165) is 19.4 Å². The number of likely N-dealkylation sites (tertiary alicyclic amines) is 1. The molecule has 0 saturated carbocycles. The van der Waals surface area contributed by atoms with Crippen LogP contribution in [-0.4, -0.2) is 54.4 Å². The molecule has 24 heavy (non-hydrogen) atoms. The highest BCUT2D eigenvalue weighted by molar-refractivity contribution is 5.78. The summed E-state index contributed by atoms with van der Waals surface area (Å²) < 4.78 is 19.1. The lowest BCUT2D eigenvalue weighted by Gasteiger charge is -2.36. The first-order chi connectivity index (χ1) is 11.6. The number of rotatable bonds is 5. The van der Waals surface area contributed by atoms with Crippen molar-refractivity contribution in [1.29, 1.82) is 0 Å². The van der Waals surface area contributed by atoms with Gasteiger partial charge in [-0.15, -0.1) is 0 Å². The molecule has 2 aliphatic heterocycles. The molecular weight excluding hydrogens is 311 g/mol. The highest BCUT2D eigenvalue weighted by Crippen LogP contribution is 2.29. The predicted octanol–water partition coefficient (Wildman–Crippen LogP) is 1.30. The van der Waals surface area contributed by atoms with E-state index < -0.39 is 0 Å². The SMILES string of the molecule is O=C(CN1CCC[C@@H]1[C@@H]1COCC[C@@H]1O)NCc1ccccc1F. The third kappa shape index (κ3) is 4.12. The monoisotopic (exact) mass is 336 g/mol. The van der Waals surface area contributed by atoms with Crippen molar-refractivity contribution in [2.75, 3.05) is 26.3 Å². The fraction of sp³-hybridized carbons (Fsp3) is 0.611. The van der Waals surface area contributed by atoms with Gasteiger partial charge in [0, 0.05) is 30.7 Å². The average Bonchev–Trinajstić information content (AvgIpc) is 3.02. The smallest absolute Gasteiger partial charge is 0.234 e. The molecule has 2 heterocycles. The van der Waals surface area contributed by atoms with Crippen LogP contribution in [0.5, 0.6) is 0 Å². The largest absolute Gasteiger partial charge is 0.393 e. The molecule has 132 valence electrons. The lowest BCUT2D eigenvalue weighted by Crippen LogP contribution is -2.48. The van der Waals surface area contributed by atoms with Crippen molar-refractivity contribution >= 4 is 5.91 Å². The van der Waals surface area contributed by atoms with Crippen LogP contribution in [0.1, 0.15) is 24.8 Å². The minimum Gasteiger partial charge on any atom is -0.393 e. The molecule has 0 aromatic heterocycles. The van der Waals surface area contributed by atoms with E-state index in [1.165, 1.54) is 6.07 Å². The molecule has 2 N–H and O–H groups in total. The number of carbonyl (C=O) groups excluding carboxylic acids is 1. The number of amides is 1. The van der Waals surface area contributed by atoms with Gasteiger partial charge in [0.1, 0.15) is 5.82 Å². The van der Waals surface area contributed by atoms with E-state index in [4.69, 9.17) is 4.74 Å². The van der Waals surface area contributed by atoms with Gasteiger partial charge in [0.15, 0.2) is 0 Å². The molecule has 6 heteroatoms. The van der Waals surface area contributed by atoms with Crippen LogP contribution in [0.25, 0.3) is 0 Å². The Morgan fingerprint density at radius 2 is 2.21 bits per heavy atom. The number of hydrogen-bond acceptors (Lipinski definition) is 4. The van der Waals surface area contributed by atoms with Crippen LogP contribution in [0.3, 0.4) is 0 Å². The van der Waals surface area contributed by atoms with Gasteiger partial charge >= 0.3 is 0 Å². The minimum atomic E-state index is -0.356. The van der Waals surface area contributed by atoms with Crippen molar-refractivity contribution < 1.29 is 19.0 Å². The maximum Gasteiger partial charge on any atom is 0.234 e. The van der Waals surface area contributed by atoms with Crippen molar-refractivity contribution in [1.82, 2.24) is 10.2 Å². The van der Waals surface area contributed by atoms with Crippen molar-refractivity contribution in [2.45, 2.75) is 38.0 Å². The maximum atomic E-state index is 13.6. The van der Waals surface area contributed by atoms with Gasteiger partial charge in [-0.05, 0) is 31.9 Å². The highest BCUT2D eigenvalue weighted by atomic mass is 19.1. The third-order valence-electron chi connectivity index (χ3n) is 5.05. The van der Waals surface area contributed by atoms with Crippen LogP contribution in [0, 0.1) is 11.7 Å². The molecule has 1 aromatic rings. The summed E-state index contributed by atoms with van der Waals surface area (Å²) in [5.74, 6) is -0.351. The highest BCUT2D eigenvalue weighted by Gasteiger charge is 2.38. The van der Waals surface area contributed by atoms with E-state index in [1.807, 2.05) is 0 Å². The van der Waals surface area contributed by atoms with Crippen LogP contribution < -0.4 is 5.32 Å². The summed E-state index contributed by atoms with van der Waals surface area (Å²) in [6.45, 7) is 2.48. The van der Waals surface area contributed by atoms with E-state index in [-0.39, 0.29) is 42.9 Å². The first kappa shape index (κ1) is 17.3. The first-order valence-corrected chi connectivity index (χ1v) is 8.65. The summed E-state index contributed by atoms with van der Waals surface area (Å²) in [4.78, 5) is 14.3. The van der Waals surface area contributed by atoms with Gasteiger partial charge in [-0.2, -0.15) is 0 Å². The van der Waals surface area contributed by atoms with Crippen LogP contribution in [-0.2, 0) is 16.1 Å². The fourth-order valence-corrected chi connectivity index (χ4v) is 3.73. The van der Waals surface area contributed by atoms with Crippen molar-refractivity contribution in [3.8, 4) is 0 Å². The Labute approximate surface area is 141 Å². The lowest BCUT2D eigenvalue weighted by atomic mass is 9.89. The molecule has 3 rings (SSSR count). The predicted molar refractivity (Wildman–Crippen MR) is 87.8 cm³/mol. The standard InChI is InChI=1S/C18H25FN2O3/c19-15-5-2-1-4-13(15)10-20-18(23)11-21-8-3-6-16(21)14-12-24-9-7-17(14)22/h1-2,4-5,14,16-17,22H,3,6-12H2,(H,20,23)/t14-,16+,17-/m0/s1. The molecule has 1 amide bonds. The van der Waals surface area contributed by atoms with Gasteiger partial charge < -0.3 is 15.2 Å². The average molecular weight is 336 g/mol. The van der Waals surface area contributed by atoms with Crippen LogP contribution in [0.2, 0.25) is 0 Å². The van der Waals surface area contributed by atoms with E-state index in [0.29, 0.717) is 25.2 Å². The molecule has 0 radical (unpaired) electrons. The zero-order valence-electron chi connectivity index (χ0n) is 13.8. The Bertz CT molecular complexity index is 569. The van der Waals surface area contributed by atoms with Crippen LogP contribution in [0.4, 0.5) is 4.39 Å². The topological polar surface area (TPSA) is 61.8 Å². The second-order valence-corrected chi connectivity index (χ2v) is 6.64. The zero-order valence-corrected chi connectivity index (χ0v) is 13.8. The Morgan fingerprint density at radius 1 is 1.38 bits per heavy atom. The molecule has 0 unspecified atom stereocenters. The van der Waals surface area contributed by atoms with Crippen molar-refractivity contribution in [3.05, 3.63) is 35.6 Å². The molecule has 0 aliphatic carbocycles. The molecule has 2 saturated heterocycles. The first-order valence-electron chi connectivity index (χ1n) is 8.65. The number of aliphatic hydroxyl groups excluding tert-OH is 1. The van der Waals surface area contributed by atoms with Crippen molar-refractivity contribution in [3.63, 3.8) is 0 Å². The number of nitrogens with zero attached hydrogens (tertiary/aromatic N) is 1. The zero-order chi connectivity index (χ0) is 16.9. The number of benzene rings is 1. The second-order valence-electron chi connectivity index (χ2n) is 6.64. The number of carbonyl (C=O) groups is 1.